The molecule has 3 aliphatic rings. The van der Waals surface area contributed by atoms with Gasteiger partial charge in [0.1, 0.15) is 5.60 Å². The van der Waals surface area contributed by atoms with Gasteiger partial charge in [0.25, 0.3) is 0 Å². The van der Waals surface area contributed by atoms with E-state index in [0.29, 0.717) is 19.7 Å². The summed E-state index contributed by atoms with van der Waals surface area (Å²) in [4.78, 5) is 14.9. The minimum atomic E-state index is -0.641. The summed E-state index contributed by atoms with van der Waals surface area (Å²) < 4.78 is 8.28. The van der Waals surface area contributed by atoms with E-state index >= 15 is 0 Å². The maximum Gasteiger partial charge on any atom is 0.242 e. The number of carbonyl (C=O) groups excluding carboxylic acids is 1. The van der Waals surface area contributed by atoms with Crippen molar-refractivity contribution in [2.75, 3.05) is 19.7 Å². The summed E-state index contributed by atoms with van der Waals surface area (Å²) in [7, 11) is 0. The molecule has 6 nitrogen and oxygen atoms in total. The third kappa shape index (κ3) is 3.47. The van der Waals surface area contributed by atoms with Gasteiger partial charge >= 0.3 is 0 Å². The van der Waals surface area contributed by atoms with E-state index in [-0.39, 0.29) is 23.9 Å². The van der Waals surface area contributed by atoms with Crippen LogP contribution in [0.4, 0.5) is 0 Å². The normalized spacial score (nSPS) is 22.2. The van der Waals surface area contributed by atoms with Gasteiger partial charge < -0.3 is 15.4 Å². The predicted molar refractivity (Wildman–Crippen MR) is 113 cm³/mol. The van der Waals surface area contributed by atoms with E-state index < -0.39 is 5.54 Å². The molecule has 1 aromatic heterocycles. The summed E-state index contributed by atoms with van der Waals surface area (Å²) in [5, 5.41) is 4.92. The Morgan fingerprint density at radius 1 is 1.07 bits per heavy atom. The fraction of sp³-hybridized carbons (Fsp3) is 0.545. The number of para-hydroxylation sites is 1. The molecule has 1 aliphatic carbocycles. The van der Waals surface area contributed by atoms with Crippen molar-refractivity contribution in [3.63, 3.8) is 0 Å². The van der Waals surface area contributed by atoms with E-state index in [1.54, 1.807) is 0 Å². The standard InChI is InChI=1S/C22H28N4O2.ClH/c23-21(9-4-5-10-21)20(27)25-13-11-22(12-14-25)19-17(8-15-28-22)16-26(24-19)18-6-2-1-3-7-18;/h1-3,6-7,16H,4-5,8-15,23H2;1H. The van der Waals surface area contributed by atoms with Crippen molar-refractivity contribution in [3.05, 3.63) is 47.8 Å². The molecule has 0 bridgehead atoms. The first-order chi connectivity index (χ1) is 13.6. The number of hydrogen-bond donors (Lipinski definition) is 1. The number of carbonyl (C=O) groups is 1. The largest absolute Gasteiger partial charge is 0.368 e. The molecule has 1 aromatic carbocycles. The number of nitrogens with two attached hydrogens (primary N) is 1. The summed E-state index contributed by atoms with van der Waals surface area (Å²) in [6, 6.07) is 10.2. The minimum absolute atomic E-state index is 0. The predicted octanol–water partition coefficient (Wildman–Crippen LogP) is 2.96. The van der Waals surface area contributed by atoms with Gasteiger partial charge in [-0.25, -0.2) is 4.68 Å². The molecule has 2 aliphatic heterocycles. The summed E-state index contributed by atoms with van der Waals surface area (Å²) in [5.74, 6) is 0.130. The minimum Gasteiger partial charge on any atom is -0.368 e. The van der Waals surface area contributed by atoms with Crippen LogP contribution < -0.4 is 5.73 Å². The highest BCUT2D eigenvalue weighted by molar-refractivity contribution is 5.86. The van der Waals surface area contributed by atoms with Gasteiger partial charge in [0.2, 0.25) is 5.91 Å². The Morgan fingerprint density at radius 3 is 2.45 bits per heavy atom. The maximum atomic E-state index is 13.0. The lowest BCUT2D eigenvalue weighted by molar-refractivity contribution is -0.146. The molecule has 3 heterocycles. The van der Waals surface area contributed by atoms with E-state index in [9.17, 15) is 4.79 Å². The van der Waals surface area contributed by atoms with Crippen molar-refractivity contribution in [1.29, 1.82) is 0 Å². The van der Waals surface area contributed by atoms with Crippen LogP contribution in [0.25, 0.3) is 5.69 Å². The van der Waals surface area contributed by atoms with Gasteiger partial charge in [-0.05, 0) is 49.8 Å². The van der Waals surface area contributed by atoms with Crippen LogP contribution in [-0.2, 0) is 21.6 Å². The molecule has 0 radical (unpaired) electrons. The van der Waals surface area contributed by atoms with Gasteiger partial charge in [-0.1, -0.05) is 31.0 Å². The number of nitrogens with zero attached hydrogens (tertiary/aromatic N) is 3. The zero-order valence-corrected chi connectivity index (χ0v) is 17.5. The zero-order valence-electron chi connectivity index (χ0n) is 16.7. The topological polar surface area (TPSA) is 73.4 Å². The molecule has 1 saturated carbocycles. The molecule has 29 heavy (non-hydrogen) atoms. The quantitative estimate of drug-likeness (QED) is 0.816. The van der Waals surface area contributed by atoms with Crippen LogP contribution in [0, 0.1) is 0 Å². The molecule has 7 heteroatoms. The zero-order chi connectivity index (χ0) is 19.2. The first kappa shape index (κ1) is 20.4. The number of fused-ring (bicyclic) bond motifs is 2. The highest BCUT2D eigenvalue weighted by Crippen LogP contribution is 2.42. The summed E-state index contributed by atoms with van der Waals surface area (Å²) in [6.45, 7) is 2.09. The number of halogens is 1. The fourth-order valence-electron chi connectivity index (χ4n) is 5.10. The van der Waals surface area contributed by atoms with Gasteiger partial charge in [0.15, 0.2) is 0 Å². The van der Waals surface area contributed by atoms with Crippen molar-refractivity contribution in [2.24, 2.45) is 5.73 Å². The van der Waals surface area contributed by atoms with E-state index in [1.807, 2.05) is 27.8 Å². The molecule has 2 aromatic rings. The Kier molecular flexibility index (Phi) is 5.44. The van der Waals surface area contributed by atoms with E-state index in [0.717, 1.165) is 56.3 Å². The Hall–Kier alpha value is -1.89. The lowest BCUT2D eigenvalue weighted by Crippen LogP contribution is -2.57. The Labute approximate surface area is 177 Å². The SMILES string of the molecule is Cl.NC1(C(=O)N2CCC3(CC2)OCCc2cn(-c4ccccc4)nc23)CCCC1. The third-order valence-electron chi connectivity index (χ3n) is 6.77. The van der Waals surface area contributed by atoms with Crippen LogP contribution in [0.1, 0.15) is 49.8 Å². The highest BCUT2D eigenvalue weighted by atomic mass is 35.5. The van der Waals surface area contributed by atoms with E-state index in [1.165, 1.54) is 5.56 Å². The monoisotopic (exact) mass is 416 g/mol. The number of likely N-dealkylation sites (tertiary alicyclic amines) is 1. The van der Waals surface area contributed by atoms with Crippen molar-refractivity contribution in [2.45, 2.75) is 56.1 Å². The van der Waals surface area contributed by atoms with Gasteiger partial charge in [0, 0.05) is 19.3 Å². The maximum absolute atomic E-state index is 13.0. The average Bonchev–Trinajstić information content (AvgIpc) is 3.37. The van der Waals surface area contributed by atoms with Gasteiger partial charge in [-0.2, -0.15) is 5.10 Å². The smallest absolute Gasteiger partial charge is 0.242 e. The summed E-state index contributed by atoms with van der Waals surface area (Å²) in [6.07, 6.45) is 8.34. The van der Waals surface area contributed by atoms with Crippen molar-refractivity contribution >= 4 is 18.3 Å². The van der Waals surface area contributed by atoms with Crippen LogP contribution >= 0.6 is 12.4 Å². The number of rotatable bonds is 2. The molecule has 0 unspecified atom stereocenters. The van der Waals surface area contributed by atoms with Crippen LogP contribution in [-0.4, -0.2) is 45.8 Å². The van der Waals surface area contributed by atoms with Crippen LogP contribution in [0.15, 0.2) is 36.5 Å². The Morgan fingerprint density at radius 2 is 1.76 bits per heavy atom. The number of amides is 1. The van der Waals surface area contributed by atoms with Gasteiger partial charge in [0.05, 0.1) is 23.5 Å². The number of benzene rings is 1. The number of piperidine rings is 1. The van der Waals surface area contributed by atoms with Crippen molar-refractivity contribution in [3.8, 4) is 5.69 Å². The van der Waals surface area contributed by atoms with E-state index in [4.69, 9.17) is 15.6 Å². The first-order valence-corrected chi connectivity index (χ1v) is 10.5. The Balaban J connectivity index is 0.00000205. The van der Waals surface area contributed by atoms with Crippen LogP contribution in [0.2, 0.25) is 0 Å². The molecule has 5 rings (SSSR count). The molecule has 1 saturated heterocycles. The summed E-state index contributed by atoms with van der Waals surface area (Å²) >= 11 is 0. The molecule has 0 atom stereocenters. The lowest BCUT2D eigenvalue weighted by atomic mass is 9.83. The first-order valence-electron chi connectivity index (χ1n) is 10.5. The highest BCUT2D eigenvalue weighted by Gasteiger charge is 2.47. The summed E-state index contributed by atoms with van der Waals surface area (Å²) in [5.41, 5.74) is 8.78. The molecule has 2 fully saturated rings. The fourth-order valence-corrected chi connectivity index (χ4v) is 5.10. The second-order valence-corrected chi connectivity index (χ2v) is 8.53. The lowest BCUT2D eigenvalue weighted by Gasteiger charge is -2.44. The van der Waals surface area contributed by atoms with E-state index in [2.05, 4.69) is 18.3 Å². The second kappa shape index (κ2) is 7.74. The average molecular weight is 417 g/mol. The van der Waals surface area contributed by atoms with Crippen molar-refractivity contribution < 1.29 is 9.53 Å². The van der Waals surface area contributed by atoms with Crippen molar-refractivity contribution in [1.82, 2.24) is 14.7 Å². The van der Waals surface area contributed by atoms with Crippen LogP contribution in [0.5, 0.6) is 0 Å². The van der Waals surface area contributed by atoms with Gasteiger partial charge in [-0.3, -0.25) is 4.79 Å². The number of ether oxygens (including phenoxy) is 1. The second-order valence-electron chi connectivity index (χ2n) is 8.53. The number of aromatic nitrogens is 2. The molecule has 1 amide bonds. The molecule has 156 valence electrons. The molecule has 2 N–H and O–H groups in total. The molecular formula is C22H29ClN4O2. The molecule has 1 spiro atoms. The molecular weight excluding hydrogens is 388 g/mol. The number of hydrogen-bond acceptors (Lipinski definition) is 4. The third-order valence-corrected chi connectivity index (χ3v) is 6.77. The van der Waals surface area contributed by atoms with Gasteiger partial charge in [-0.15, -0.1) is 12.4 Å². The van der Waals surface area contributed by atoms with Crippen LogP contribution in [0.3, 0.4) is 0 Å². The Bertz CT molecular complexity index is 868.